The molecule has 0 aliphatic rings. The molecule has 3 atom stereocenters. The summed E-state index contributed by atoms with van der Waals surface area (Å²) < 4.78 is 16.1. The molecule has 6 nitrogen and oxygen atoms in total. The van der Waals surface area contributed by atoms with Crippen LogP contribution in [0.2, 0.25) is 0 Å². The summed E-state index contributed by atoms with van der Waals surface area (Å²) in [6.07, 6.45) is 3.12. The van der Waals surface area contributed by atoms with Crippen LogP contribution in [0.3, 0.4) is 0 Å². The summed E-state index contributed by atoms with van der Waals surface area (Å²) in [4.78, 5) is 0. The first-order valence-corrected chi connectivity index (χ1v) is 15.2. The number of hydrogen-bond acceptors (Lipinski definition) is 6. The van der Waals surface area contributed by atoms with Crippen LogP contribution in [0.1, 0.15) is 81.6 Å². The minimum absolute atomic E-state index is 0.177. The average molecular weight is 566 g/mol. The molecule has 0 aliphatic heterocycles. The van der Waals surface area contributed by atoms with Gasteiger partial charge >= 0.3 is 181 Å². The third kappa shape index (κ3) is 8.04. The predicted molar refractivity (Wildman–Crippen MR) is 119 cm³/mol. The van der Waals surface area contributed by atoms with Crippen molar-refractivity contribution >= 4 is 0 Å². The number of rotatable bonds is 12. The molecule has 167 valence electrons. The molecule has 0 aromatic rings. The molecule has 0 bridgehead atoms. The van der Waals surface area contributed by atoms with Crippen molar-refractivity contribution < 1.29 is 17.9 Å². The molecule has 0 saturated carbocycles. The fraction of sp³-hybridized carbons (Fsp3) is 1.00. The Hall–Kier alpha value is 0.0203. The molecular weight excluding hydrogens is 517 g/mol. The second kappa shape index (κ2) is 12.0. The Morgan fingerprint density at radius 1 is 0.571 bits per heavy atom. The van der Waals surface area contributed by atoms with Gasteiger partial charge in [0.05, 0.1) is 0 Å². The minimum atomic E-state index is -2.90. The van der Waals surface area contributed by atoms with E-state index in [1.807, 2.05) is 21.1 Å². The first kappa shape index (κ1) is 28.0. The van der Waals surface area contributed by atoms with Crippen LogP contribution in [-0.2, 0) is 17.9 Å². The van der Waals surface area contributed by atoms with Gasteiger partial charge in [-0.3, -0.25) is 0 Å². The third-order valence-electron chi connectivity index (χ3n) is 5.87. The van der Waals surface area contributed by atoms with Gasteiger partial charge in [0.15, 0.2) is 0 Å². The summed E-state index contributed by atoms with van der Waals surface area (Å²) in [5.74, 6) is 0. The van der Waals surface area contributed by atoms with E-state index in [1.165, 1.54) is 0 Å². The zero-order chi connectivity index (χ0) is 22.2. The molecule has 0 heterocycles. The van der Waals surface area contributed by atoms with E-state index >= 15 is 0 Å². The molecule has 0 saturated heterocycles. The van der Waals surface area contributed by atoms with Gasteiger partial charge in [-0.25, -0.2) is 0 Å². The molecule has 0 aromatic carbocycles. The zero-order valence-corrected chi connectivity index (χ0v) is 23.9. The predicted octanol–water partition coefficient (Wildman–Crippen LogP) is 4.49. The van der Waals surface area contributed by atoms with Crippen LogP contribution >= 0.6 is 0 Å². The first-order valence-electron chi connectivity index (χ1n) is 10.8. The van der Waals surface area contributed by atoms with E-state index in [2.05, 4.69) is 78.3 Å². The first-order chi connectivity index (χ1) is 12.8. The second-order valence-electron chi connectivity index (χ2n) is 9.28. The summed E-state index contributed by atoms with van der Waals surface area (Å²) in [6, 6.07) is 0.998. The molecule has 0 spiro atoms. The van der Waals surface area contributed by atoms with Crippen molar-refractivity contribution in [2.24, 2.45) is 10.0 Å². The summed E-state index contributed by atoms with van der Waals surface area (Å²) >= 11 is -2.90. The van der Waals surface area contributed by atoms with Crippen molar-refractivity contribution in [1.82, 2.24) is 16.0 Å². The Balaban J connectivity index is 6.69. The Bertz CT molecular complexity index is 509. The molecule has 0 radical (unpaired) electrons. The van der Waals surface area contributed by atoms with E-state index in [0.717, 1.165) is 19.3 Å². The van der Waals surface area contributed by atoms with Gasteiger partial charge in [0.25, 0.3) is 0 Å². The second-order valence-corrected chi connectivity index (χ2v) is 13.4. The van der Waals surface area contributed by atoms with Gasteiger partial charge in [-0.05, 0) is 0 Å². The van der Waals surface area contributed by atoms with Crippen LogP contribution in [-0.4, -0.2) is 55.9 Å². The fourth-order valence-electron chi connectivity index (χ4n) is 4.14. The number of nitrogens with one attached hydrogen (secondary N) is 3. The summed E-state index contributed by atoms with van der Waals surface area (Å²) in [7, 11) is 6.08. The molecule has 0 amide bonds. The maximum atomic E-state index is 5.38. The SMILES string of the molecule is CCC(NC)C(C)(C)[N]=[Ta](=[N]C(C)(C)C(CC)NC)=[N]C(C)(C)C(CC)NC. The quantitative estimate of drug-likeness (QED) is 0.327. The Morgan fingerprint density at radius 2 is 0.786 bits per heavy atom. The van der Waals surface area contributed by atoms with Crippen molar-refractivity contribution in [3.63, 3.8) is 0 Å². The normalized spacial score (nSPS) is 16.3. The van der Waals surface area contributed by atoms with E-state index in [1.54, 1.807) is 0 Å². The van der Waals surface area contributed by atoms with Crippen molar-refractivity contribution in [2.45, 2.75) is 116 Å². The number of nitrogens with zero attached hydrogens (tertiary/aromatic N) is 3. The van der Waals surface area contributed by atoms with Crippen molar-refractivity contribution in [1.29, 1.82) is 0 Å². The Kier molecular flexibility index (Phi) is 12.0. The zero-order valence-electron chi connectivity index (χ0n) is 20.6. The van der Waals surface area contributed by atoms with Gasteiger partial charge in [0, 0.05) is 0 Å². The monoisotopic (exact) mass is 565 g/mol. The Morgan fingerprint density at radius 3 is 0.929 bits per heavy atom. The fourth-order valence-corrected chi connectivity index (χ4v) is 11.1. The van der Waals surface area contributed by atoms with Gasteiger partial charge in [0.2, 0.25) is 0 Å². The van der Waals surface area contributed by atoms with Crippen molar-refractivity contribution in [3.05, 3.63) is 0 Å². The molecule has 3 N–H and O–H groups in total. The van der Waals surface area contributed by atoms with Crippen LogP contribution in [0, 0.1) is 0 Å². The van der Waals surface area contributed by atoms with E-state index in [-0.39, 0.29) is 16.6 Å². The Labute approximate surface area is 181 Å². The van der Waals surface area contributed by atoms with Crippen LogP contribution in [0.5, 0.6) is 0 Å². The van der Waals surface area contributed by atoms with E-state index in [0.29, 0.717) is 18.1 Å². The van der Waals surface area contributed by atoms with Crippen LogP contribution in [0.15, 0.2) is 10.0 Å². The van der Waals surface area contributed by atoms with Crippen LogP contribution in [0.4, 0.5) is 0 Å². The van der Waals surface area contributed by atoms with Crippen LogP contribution in [0.25, 0.3) is 0 Å². The summed E-state index contributed by atoms with van der Waals surface area (Å²) in [6.45, 7) is 20.0. The summed E-state index contributed by atoms with van der Waals surface area (Å²) in [5.41, 5.74) is -0.532. The van der Waals surface area contributed by atoms with E-state index in [4.69, 9.17) is 10.0 Å². The standard InChI is InChI=1S/3C7H16N2.Ta/c3*1-5-6(9-4)7(2,3)8;/h3*6,9H,5H2,1-4H3;. The van der Waals surface area contributed by atoms with Gasteiger partial charge in [-0.1, -0.05) is 0 Å². The molecule has 28 heavy (non-hydrogen) atoms. The van der Waals surface area contributed by atoms with E-state index in [9.17, 15) is 0 Å². The number of hydrogen-bond donors (Lipinski definition) is 3. The van der Waals surface area contributed by atoms with Gasteiger partial charge in [0.1, 0.15) is 0 Å². The number of likely N-dealkylation sites (N-methyl/N-ethyl adjacent to an activating group) is 3. The molecule has 0 fully saturated rings. The molecule has 0 aromatic heterocycles. The molecular formula is C21H48N6Ta. The van der Waals surface area contributed by atoms with E-state index < -0.39 is 17.9 Å². The topological polar surface area (TPSA) is 73.2 Å². The third-order valence-corrected chi connectivity index (χ3v) is 13.4. The van der Waals surface area contributed by atoms with Gasteiger partial charge < -0.3 is 0 Å². The van der Waals surface area contributed by atoms with Gasteiger partial charge in [-0.2, -0.15) is 0 Å². The van der Waals surface area contributed by atoms with Crippen molar-refractivity contribution in [3.8, 4) is 0 Å². The molecule has 3 unspecified atom stereocenters. The summed E-state index contributed by atoms with van der Waals surface area (Å²) in [5, 5.41) is 10.3. The molecule has 0 rings (SSSR count). The van der Waals surface area contributed by atoms with Crippen LogP contribution < -0.4 is 16.0 Å². The molecule has 0 aliphatic carbocycles. The maximum absolute atomic E-state index is 5.38. The average Bonchev–Trinajstić information content (AvgIpc) is 2.55. The molecule has 7 heteroatoms. The van der Waals surface area contributed by atoms with Gasteiger partial charge in [-0.15, -0.1) is 0 Å². The van der Waals surface area contributed by atoms with Crippen molar-refractivity contribution in [2.75, 3.05) is 21.1 Å².